The summed E-state index contributed by atoms with van der Waals surface area (Å²) in [5.41, 5.74) is 1.75. The third kappa shape index (κ3) is 3.65. The topological polar surface area (TPSA) is 63.2 Å². The summed E-state index contributed by atoms with van der Waals surface area (Å²) in [4.78, 5) is 16.4. The smallest absolute Gasteiger partial charge is 0.323 e. The SMILES string of the molecule is COc1cc(C)nc2ccc(NC(=O)Nc3cc(F)ccc3F)cc12. The zero-order valence-electron chi connectivity index (χ0n) is 13.6. The minimum atomic E-state index is -0.726. The second kappa shape index (κ2) is 6.72. The van der Waals surface area contributed by atoms with E-state index < -0.39 is 17.7 Å². The van der Waals surface area contributed by atoms with Crippen LogP contribution in [0.15, 0.2) is 42.5 Å². The number of nitrogens with zero attached hydrogens (tertiary/aromatic N) is 1. The quantitative estimate of drug-likeness (QED) is 0.737. The van der Waals surface area contributed by atoms with Crippen molar-refractivity contribution in [2.75, 3.05) is 17.7 Å². The number of urea groups is 1. The number of nitrogens with one attached hydrogen (secondary N) is 2. The number of rotatable bonds is 3. The van der Waals surface area contributed by atoms with Crippen LogP contribution >= 0.6 is 0 Å². The maximum absolute atomic E-state index is 13.6. The van der Waals surface area contributed by atoms with Gasteiger partial charge in [0.15, 0.2) is 0 Å². The van der Waals surface area contributed by atoms with Gasteiger partial charge in [-0.1, -0.05) is 0 Å². The molecule has 0 saturated heterocycles. The van der Waals surface area contributed by atoms with Gasteiger partial charge in [0.25, 0.3) is 0 Å². The van der Waals surface area contributed by atoms with Crippen LogP contribution in [0, 0.1) is 18.6 Å². The van der Waals surface area contributed by atoms with Gasteiger partial charge in [0.1, 0.15) is 17.4 Å². The van der Waals surface area contributed by atoms with Gasteiger partial charge in [0.2, 0.25) is 0 Å². The number of halogens is 2. The molecule has 0 saturated carbocycles. The van der Waals surface area contributed by atoms with Crippen molar-refractivity contribution in [3.63, 3.8) is 0 Å². The summed E-state index contributed by atoms with van der Waals surface area (Å²) in [6.45, 7) is 1.86. The molecule has 0 aliphatic rings. The number of hydrogen-bond acceptors (Lipinski definition) is 3. The zero-order valence-corrected chi connectivity index (χ0v) is 13.6. The molecule has 1 heterocycles. The number of carbonyl (C=O) groups excluding carboxylic acids is 1. The highest BCUT2D eigenvalue weighted by Gasteiger charge is 2.10. The lowest BCUT2D eigenvalue weighted by atomic mass is 10.1. The van der Waals surface area contributed by atoms with Crippen LogP contribution in [0.1, 0.15) is 5.69 Å². The van der Waals surface area contributed by atoms with Crippen molar-refractivity contribution < 1.29 is 18.3 Å². The van der Waals surface area contributed by atoms with Gasteiger partial charge in [-0.2, -0.15) is 0 Å². The summed E-state index contributed by atoms with van der Waals surface area (Å²) >= 11 is 0. The molecule has 0 unspecified atom stereocenters. The Bertz CT molecular complexity index is 960. The molecule has 2 N–H and O–H groups in total. The molecule has 0 aliphatic carbocycles. The second-order valence-electron chi connectivity index (χ2n) is 5.40. The molecule has 2 aromatic carbocycles. The second-order valence-corrected chi connectivity index (χ2v) is 5.40. The highest BCUT2D eigenvalue weighted by Crippen LogP contribution is 2.28. The first-order chi connectivity index (χ1) is 12.0. The van der Waals surface area contributed by atoms with Gasteiger partial charge in [-0.15, -0.1) is 0 Å². The van der Waals surface area contributed by atoms with Crippen molar-refractivity contribution in [2.45, 2.75) is 6.92 Å². The van der Waals surface area contributed by atoms with Crippen LogP contribution in [0.3, 0.4) is 0 Å². The molecule has 0 spiro atoms. The molecule has 5 nitrogen and oxygen atoms in total. The number of fused-ring (bicyclic) bond motifs is 1. The molecule has 0 fully saturated rings. The molecule has 0 radical (unpaired) electrons. The summed E-state index contributed by atoms with van der Waals surface area (Å²) in [6, 6.07) is 9.02. The molecule has 7 heteroatoms. The molecular weight excluding hydrogens is 328 g/mol. The number of carbonyl (C=O) groups is 1. The highest BCUT2D eigenvalue weighted by atomic mass is 19.1. The average molecular weight is 343 g/mol. The highest BCUT2D eigenvalue weighted by molar-refractivity contribution is 6.01. The maximum Gasteiger partial charge on any atom is 0.323 e. The molecule has 0 atom stereocenters. The third-order valence-corrected chi connectivity index (χ3v) is 3.55. The minimum Gasteiger partial charge on any atom is -0.496 e. The van der Waals surface area contributed by atoms with Gasteiger partial charge in [-0.05, 0) is 37.3 Å². The van der Waals surface area contributed by atoms with Gasteiger partial charge in [0, 0.05) is 28.9 Å². The van der Waals surface area contributed by atoms with E-state index in [4.69, 9.17) is 4.74 Å². The van der Waals surface area contributed by atoms with E-state index in [1.807, 2.05) is 6.92 Å². The van der Waals surface area contributed by atoms with E-state index in [0.717, 1.165) is 34.8 Å². The van der Waals surface area contributed by atoms with Crippen LogP contribution in [-0.2, 0) is 0 Å². The summed E-state index contributed by atoms with van der Waals surface area (Å²) in [7, 11) is 1.55. The summed E-state index contributed by atoms with van der Waals surface area (Å²) < 4.78 is 32.1. The van der Waals surface area contributed by atoms with Gasteiger partial charge in [0.05, 0.1) is 18.3 Å². The molecule has 0 aliphatic heterocycles. The number of methoxy groups -OCH3 is 1. The third-order valence-electron chi connectivity index (χ3n) is 3.55. The van der Waals surface area contributed by atoms with Crippen LogP contribution in [-0.4, -0.2) is 18.1 Å². The number of pyridine rings is 1. The largest absolute Gasteiger partial charge is 0.496 e. The molecule has 25 heavy (non-hydrogen) atoms. The monoisotopic (exact) mass is 343 g/mol. The van der Waals surface area contributed by atoms with Gasteiger partial charge >= 0.3 is 6.03 Å². The first kappa shape index (κ1) is 16.6. The molecule has 3 rings (SSSR count). The van der Waals surface area contributed by atoms with Crippen LogP contribution in [0.5, 0.6) is 5.75 Å². The fourth-order valence-corrected chi connectivity index (χ4v) is 2.45. The van der Waals surface area contributed by atoms with Gasteiger partial charge in [-0.25, -0.2) is 13.6 Å². The van der Waals surface area contributed by atoms with E-state index >= 15 is 0 Å². The number of ether oxygens (including phenoxy) is 1. The number of hydrogen-bond donors (Lipinski definition) is 2. The van der Waals surface area contributed by atoms with Crippen LogP contribution in [0.4, 0.5) is 25.0 Å². The first-order valence-corrected chi connectivity index (χ1v) is 7.45. The van der Waals surface area contributed by atoms with E-state index in [-0.39, 0.29) is 5.69 Å². The Hall–Kier alpha value is -3.22. The predicted octanol–water partition coefficient (Wildman–Crippen LogP) is 4.47. The molecule has 128 valence electrons. The van der Waals surface area contributed by atoms with Crippen molar-refractivity contribution in [3.8, 4) is 5.75 Å². The van der Waals surface area contributed by atoms with E-state index in [1.54, 1.807) is 31.4 Å². The Morgan fingerprint density at radius 2 is 1.88 bits per heavy atom. The summed E-state index contributed by atoms with van der Waals surface area (Å²) in [5, 5.41) is 5.57. The van der Waals surface area contributed by atoms with E-state index in [1.165, 1.54) is 0 Å². The minimum absolute atomic E-state index is 0.242. The fraction of sp³-hybridized carbons (Fsp3) is 0.111. The zero-order chi connectivity index (χ0) is 18.0. The van der Waals surface area contributed by atoms with Crippen molar-refractivity contribution in [1.82, 2.24) is 4.98 Å². The molecule has 0 bridgehead atoms. The Labute approximate surface area is 142 Å². The van der Waals surface area contributed by atoms with Crippen LogP contribution in [0.25, 0.3) is 10.9 Å². The predicted molar refractivity (Wildman–Crippen MR) is 92.0 cm³/mol. The van der Waals surface area contributed by atoms with Crippen molar-refractivity contribution in [2.24, 2.45) is 0 Å². The number of aromatic nitrogens is 1. The maximum atomic E-state index is 13.6. The van der Waals surface area contributed by atoms with Crippen molar-refractivity contribution in [3.05, 3.63) is 59.8 Å². The summed E-state index contributed by atoms with van der Waals surface area (Å²) in [6.07, 6.45) is 0. The summed E-state index contributed by atoms with van der Waals surface area (Å²) in [5.74, 6) is -0.743. The van der Waals surface area contributed by atoms with E-state index in [2.05, 4.69) is 15.6 Å². The van der Waals surface area contributed by atoms with Crippen LogP contribution in [0.2, 0.25) is 0 Å². The standard InChI is InChI=1S/C18H15F2N3O2/c1-10-7-17(25-2)13-9-12(4-6-15(13)21-10)22-18(24)23-16-8-11(19)3-5-14(16)20/h3-9H,1-2H3,(H2,22,23,24). The molecular formula is C18H15F2N3O2. The molecule has 1 aromatic heterocycles. The lowest BCUT2D eigenvalue weighted by molar-refractivity contribution is 0.262. The Morgan fingerprint density at radius 3 is 2.64 bits per heavy atom. The van der Waals surface area contributed by atoms with E-state index in [9.17, 15) is 13.6 Å². The lowest BCUT2D eigenvalue weighted by Crippen LogP contribution is -2.20. The van der Waals surface area contributed by atoms with Crippen molar-refractivity contribution >= 4 is 28.3 Å². The van der Waals surface area contributed by atoms with Gasteiger partial charge in [-0.3, -0.25) is 4.98 Å². The first-order valence-electron chi connectivity index (χ1n) is 7.45. The Kier molecular flexibility index (Phi) is 4.47. The number of benzene rings is 2. The Morgan fingerprint density at radius 1 is 1.08 bits per heavy atom. The Balaban J connectivity index is 1.84. The lowest BCUT2D eigenvalue weighted by Gasteiger charge is -2.11. The number of amides is 2. The molecule has 2 amide bonds. The normalized spacial score (nSPS) is 10.6. The van der Waals surface area contributed by atoms with Crippen molar-refractivity contribution in [1.29, 1.82) is 0 Å². The van der Waals surface area contributed by atoms with E-state index in [0.29, 0.717) is 11.4 Å². The fourth-order valence-electron chi connectivity index (χ4n) is 2.45. The molecule has 3 aromatic rings. The number of aryl methyl sites for hydroxylation is 1. The van der Waals surface area contributed by atoms with Crippen LogP contribution < -0.4 is 15.4 Å². The van der Waals surface area contributed by atoms with Gasteiger partial charge < -0.3 is 15.4 Å². The average Bonchev–Trinajstić information content (AvgIpc) is 2.57. The number of anilines is 2.